The molecule has 0 bridgehead atoms. The molecule has 0 radical (unpaired) electrons. The van der Waals surface area contributed by atoms with Gasteiger partial charge < -0.3 is 4.90 Å². The van der Waals surface area contributed by atoms with Crippen molar-refractivity contribution in [1.82, 2.24) is 4.98 Å². The van der Waals surface area contributed by atoms with E-state index in [1.54, 1.807) is 0 Å². The van der Waals surface area contributed by atoms with E-state index in [0.29, 0.717) is 16.9 Å². The SMILES string of the molecule is CN(c1ncc(Cl)cc1F)C1CCCCCC1. The summed E-state index contributed by atoms with van der Waals surface area (Å²) in [5.74, 6) is 0.0885. The number of rotatable bonds is 2. The zero-order valence-electron chi connectivity index (χ0n) is 10.1. The molecule has 0 saturated heterocycles. The maximum Gasteiger partial charge on any atom is 0.167 e. The second kappa shape index (κ2) is 5.67. The van der Waals surface area contributed by atoms with Gasteiger partial charge in [-0.1, -0.05) is 37.3 Å². The lowest BCUT2D eigenvalue weighted by Gasteiger charge is -2.28. The lowest BCUT2D eigenvalue weighted by Crippen LogP contribution is -2.32. The van der Waals surface area contributed by atoms with Crippen molar-refractivity contribution in [3.05, 3.63) is 23.1 Å². The number of aromatic nitrogens is 1. The highest BCUT2D eigenvalue weighted by atomic mass is 35.5. The molecule has 0 aliphatic heterocycles. The first kappa shape index (κ1) is 12.6. The molecular formula is C13H18ClFN2. The minimum atomic E-state index is -0.329. The van der Waals surface area contributed by atoms with Crippen LogP contribution >= 0.6 is 11.6 Å². The molecule has 1 aromatic heterocycles. The summed E-state index contributed by atoms with van der Waals surface area (Å²) in [4.78, 5) is 6.07. The molecule has 1 aromatic rings. The first-order valence-electron chi connectivity index (χ1n) is 6.22. The quantitative estimate of drug-likeness (QED) is 0.743. The predicted octanol–water partition coefficient (Wildman–Crippen LogP) is 4.03. The number of hydrogen-bond acceptors (Lipinski definition) is 2. The third-order valence-electron chi connectivity index (χ3n) is 3.49. The van der Waals surface area contributed by atoms with Gasteiger partial charge in [0.05, 0.1) is 5.02 Å². The van der Waals surface area contributed by atoms with Crippen LogP contribution in [0.1, 0.15) is 38.5 Å². The average molecular weight is 257 g/mol. The van der Waals surface area contributed by atoms with Crippen molar-refractivity contribution in [2.75, 3.05) is 11.9 Å². The van der Waals surface area contributed by atoms with E-state index in [-0.39, 0.29) is 5.82 Å². The average Bonchev–Trinajstić information content (AvgIpc) is 2.56. The Hall–Kier alpha value is -0.830. The van der Waals surface area contributed by atoms with Gasteiger partial charge in [-0.25, -0.2) is 9.37 Å². The van der Waals surface area contributed by atoms with Gasteiger partial charge in [-0.05, 0) is 18.9 Å². The highest BCUT2D eigenvalue weighted by molar-refractivity contribution is 6.30. The fourth-order valence-electron chi connectivity index (χ4n) is 2.48. The third kappa shape index (κ3) is 3.09. The smallest absolute Gasteiger partial charge is 0.167 e. The van der Waals surface area contributed by atoms with Crippen molar-refractivity contribution in [2.24, 2.45) is 0 Å². The van der Waals surface area contributed by atoms with Gasteiger partial charge in [0.1, 0.15) is 0 Å². The largest absolute Gasteiger partial charge is 0.354 e. The highest BCUT2D eigenvalue weighted by Gasteiger charge is 2.20. The monoisotopic (exact) mass is 256 g/mol. The van der Waals surface area contributed by atoms with E-state index in [0.717, 1.165) is 12.8 Å². The summed E-state index contributed by atoms with van der Waals surface area (Å²) in [6, 6.07) is 1.73. The molecule has 0 atom stereocenters. The van der Waals surface area contributed by atoms with Crippen LogP contribution in [-0.2, 0) is 0 Å². The summed E-state index contributed by atoms with van der Waals surface area (Å²) in [6.45, 7) is 0. The lowest BCUT2D eigenvalue weighted by molar-refractivity contribution is 0.532. The minimum Gasteiger partial charge on any atom is -0.354 e. The molecule has 4 heteroatoms. The van der Waals surface area contributed by atoms with Crippen molar-refractivity contribution in [2.45, 2.75) is 44.6 Å². The first-order chi connectivity index (χ1) is 8.18. The predicted molar refractivity (Wildman–Crippen MR) is 69.1 cm³/mol. The molecule has 17 heavy (non-hydrogen) atoms. The van der Waals surface area contributed by atoms with Crippen LogP contribution in [0.2, 0.25) is 5.02 Å². The number of halogens is 2. The summed E-state index contributed by atoms with van der Waals surface area (Å²) < 4.78 is 13.8. The molecule has 0 amide bonds. The molecule has 1 saturated carbocycles. The zero-order chi connectivity index (χ0) is 12.3. The maximum absolute atomic E-state index is 13.8. The normalized spacial score (nSPS) is 17.8. The van der Waals surface area contributed by atoms with E-state index in [2.05, 4.69) is 4.98 Å². The summed E-state index contributed by atoms with van der Waals surface area (Å²) in [6.07, 6.45) is 8.80. The lowest BCUT2D eigenvalue weighted by atomic mass is 10.1. The van der Waals surface area contributed by atoms with Crippen molar-refractivity contribution in [1.29, 1.82) is 0 Å². The molecule has 94 valence electrons. The summed E-state index contributed by atoms with van der Waals surface area (Å²) in [5, 5.41) is 0.348. The van der Waals surface area contributed by atoms with Crippen molar-refractivity contribution >= 4 is 17.4 Å². The van der Waals surface area contributed by atoms with Gasteiger partial charge in [-0.2, -0.15) is 0 Å². The van der Waals surface area contributed by atoms with Crippen LogP contribution in [0.25, 0.3) is 0 Å². The third-order valence-corrected chi connectivity index (χ3v) is 3.70. The number of pyridine rings is 1. The van der Waals surface area contributed by atoms with E-state index in [4.69, 9.17) is 11.6 Å². The molecule has 2 nitrogen and oxygen atoms in total. The standard InChI is InChI=1S/C13H18ClFN2/c1-17(11-6-4-2-3-5-7-11)13-12(15)8-10(14)9-16-13/h8-9,11H,2-7H2,1H3. The first-order valence-corrected chi connectivity index (χ1v) is 6.60. The van der Waals surface area contributed by atoms with E-state index in [9.17, 15) is 4.39 Å². The molecular weight excluding hydrogens is 239 g/mol. The molecule has 0 unspecified atom stereocenters. The van der Waals surface area contributed by atoms with E-state index < -0.39 is 0 Å². The summed E-state index contributed by atoms with van der Waals surface area (Å²) >= 11 is 5.71. The van der Waals surface area contributed by atoms with Crippen LogP contribution in [0.3, 0.4) is 0 Å². The van der Waals surface area contributed by atoms with E-state index in [1.807, 2.05) is 11.9 Å². The van der Waals surface area contributed by atoms with Crippen LogP contribution in [0.15, 0.2) is 12.3 Å². The molecule has 0 spiro atoms. The van der Waals surface area contributed by atoms with Crippen molar-refractivity contribution in [3.63, 3.8) is 0 Å². The maximum atomic E-state index is 13.8. The Balaban J connectivity index is 2.14. The molecule has 2 rings (SSSR count). The van der Waals surface area contributed by atoms with E-state index in [1.165, 1.54) is 37.9 Å². The summed E-state index contributed by atoms with van der Waals surface area (Å²) in [7, 11) is 1.93. The zero-order valence-corrected chi connectivity index (χ0v) is 10.9. The van der Waals surface area contributed by atoms with Gasteiger partial charge in [0.25, 0.3) is 0 Å². The van der Waals surface area contributed by atoms with Crippen LogP contribution in [0.4, 0.5) is 10.2 Å². The van der Waals surface area contributed by atoms with Gasteiger partial charge in [0.2, 0.25) is 0 Å². The van der Waals surface area contributed by atoms with E-state index >= 15 is 0 Å². The Morgan fingerprint density at radius 3 is 2.53 bits per heavy atom. The second-order valence-corrected chi connectivity index (χ2v) is 5.15. The Morgan fingerprint density at radius 2 is 1.94 bits per heavy atom. The molecule has 1 aliphatic rings. The Bertz CT molecular complexity index is 376. The van der Waals surface area contributed by atoms with Crippen molar-refractivity contribution in [3.8, 4) is 0 Å². The molecule has 1 aliphatic carbocycles. The van der Waals surface area contributed by atoms with Crippen LogP contribution in [0, 0.1) is 5.82 Å². The van der Waals surface area contributed by atoms with Gasteiger partial charge in [0, 0.05) is 19.3 Å². The van der Waals surface area contributed by atoms with Crippen LogP contribution in [0.5, 0.6) is 0 Å². The van der Waals surface area contributed by atoms with Gasteiger partial charge in [-0.3, -0.25) is 0 Å². The number of anilines is 1. The Kier molecular flexibility index (Phi) is 4.21. The summed E-state index contributed by atoms with van der Waals surface area (Å²) in [5.41, 5.74) is 0. The van der Waals surface area contributed by atoms with Crippen molar-refractivity contribution < 1.29 is 4.39 Å². The topological polar surface area (TPSA) is 16.1 Å². The Labute approximate surface area is 107 Å². The fraction of sp³-hybridized carbons (Fsp3) is 0.615. The number of hydrogen-bond donors (Lipinski definition) is 0. The molecule has 1 fully saturated rings. The molecule has 0 N–H and O–H groups in total. The van der Waals surface area contributed by atoms with Crippen LogP contribution < -0.4 is 4.90 Å². The van der Waals surface area contributed by atoms with Gasteiger partial charge >= 0.3 is 0 Å². The van der Waals surface area contributed by atoms with Gasteiger partial charge in [0.15, 0.2) is 11.6 Å². The molecule has 0 aromatic carbocycles. The Morgan fingerprint density at radius 1 is 1.29 bits per heavy atom. The number of nitrogens with zero attached hydrogens (tertiary/aromatic N) is 2. The minimum absolute atomic E-state index is 0.329. The van der Waals surface area contributed by atoms with Crippen LogP contribution in [-0.4, -0.2) is 18.1 Å². The van der Waals surface area contributed by atoms with Gasteiger partial charge in [-0.15, -0.1) is 0 Å². The molecule has 1 heterocycles. The fourth-order valence-corrected chi connectivity index (χ4v) is 2.63. The highest BCUT2D eigenvalue weighted by Crippen LogP contribution is 2.26. The second-order valence-electron chi connectivity index (χ2n) is 4.72.